The second kappa shape index (κ2) is 56.3. The van der Waals surface area contributed by atoms with Crippen molar-refractivity contribution in [3.05, 3.63) is 0 Å². The summed E-state index contributed by atoms with van der Waals surface area (Å²) in [4.78, 5) is 38.2. The minimum Gasteiger partial charge on any atom is -0.462 e. The smallest absolute Gasteiger partial charge is 0.306 e. The molecule has 0 amide bonds. The quantitative estimate of drug-likeness (QED) is 0.0343. The molecule has 0 aromatic heterocycles. The molecule has 2 atom stereocenters. The molecule has 6 nitrogen and oxygen atoms in total. The van der Waals surface area contributed by atoms with Crippen molar-refractivity contribution in [2.45, 2.75) is 361 Å². The third kappa shape index (κ3) is 53.8. The maximum Gasteiger partial charge on any atom is 0.306 e. The summed E-state index contributed by atoms with van der Waals surface area (Å²) in [6, 6.07) is 0. The Hall–Kier alpha value is -1.59. The van der Waals surface area contributed by atoms with E-state index in [-0.39, 0.29) is 31.1 Å². The maximum atomic E-state index is 12.9. The molecule has 0 aromatic carbocycles. The van der Waals surface area contributed by atoms with Crippen molar-refractivity contribution in [2.24, 2.45) is 5.92 Å². The second-order valence-electron chi connectivity index (χ2n) is 21.6. The Balaban J connectivity index is 4.25. The molecular weight excluding hydrogens is 841 g/mol. The van der Waals surface area contributed by atoms with Crippen molar-refractivity contribution >= 4 is 17.9 Å². The standard InChI is InChI=1S/C62H120O6/c1-5-8-10-12-14-16-18-20-21-22-23-24-25-30-33-37-41-45-49-53-60(63)66-56-59(68-62(65)55-51-47-43-39-35-28-19-17-15-13-11-9-6-2)57-67-61(64)54-50-46-42-38-34-31-27-26-29-32-36-40-44-48-52-58(4)7-3/h58-59H,5-57H2,1-4H3/t58?,59-/m0/s1. The van der Waals surface area contributed by atoms with Crippen LogP contribution in [-0.4, -0.2) is 37.2 Å². The van der Waals surface area contributed by atoms with Gasteiger partial charge in [0.2, 0.25) is 0 Å². The van der Waals surface area contributed by atoms with E-state index in [0.717, 1.165) is 63.7 Å². The molecule has 0 saturated carbocycles. The average Bonchev–Trinajstić information content (AvgIpc) is 3.34. The van der Waals surface area contributed by atoms with Gasteiger partial charge in [0.1, 0.15) is 13.2 Å². The van der Waals surface area contributed by atoms with Gasteiger partial charge in [0.05, 0.1) is 0 Å². The predicted molar refractivity (Wildman–Crippen MR) is 293 cm³/mol. The monoisotopic (exact) mass is 961 g/mol. The topological polar surface area (TPSA) is 78.9 Å². The second-order valence-corrected chi connectivity index (χ2v) is 21.6. The summed E-state index contributed by atoms with van der Waals surface area (Å²) in [5.41, 5.74) is 0. The summed E-state index contributed by atoms with van der Waals surface area (Å²) in [6.45, 7) is 9.11. The molecule has 0 spiro atoms. The Bertz CT molecular complexity index is 1030. The van der Waals surface area contributed by atoms with Crippen molar-refractivity contribution in [2.75, 3.05) is 13.2 Å². The van der Waals surface area contributed by atoms with E-state index in [1.54, 1.807) is 0 Å². The Morgan fingerprint density at radius 1 is 0.294 bits per heavy atom. The van der Waals surface area contributed by atoms with Gasteiger partial charge in [-0.3, -0.25) is 14.4 Å². The maximum absolute atomic E-state index is 12.9. The fourth-order valence-corrected chi connectivity index (χ4v) is 9.60. The molecule has 404 valence electrons. The van der Waals surface area contributed by atoms with E-state index in [2.05, 4.69) is 27.7 Å². The fraction of sp³-hybridized carbons (Fsp3) is 0.952. The minimum absolute atomic E-state index is 0.0614. The summed E-state index contributed by atoms with van der Waals surface area (Å²) in [5.74, 6) is 0.0650. The van der Waals surface area contributed by atoms with Crippen LogP contribution in [0.25, 0.3) is 0 Å². The van der Waals surface area contributed by atoms with Crippen molar-refractivity contribution in [1.29, 1.82) is 0 Å². The molecule has 68 heavy (non-hydrogen) atoms. The third-order valence-electron chi connectivity index (χ3n) is 14.7. The lowest BCUT2D eigenvalue weighted by atomic mass is 9.99. The van der Waals surface area contributed by atoms with E-state index in [1.807, 2.05) is 0 Å². The van der Waals surface area contributed by atoms with Crippen LogP contribution in [0.1, 0.15) is 355 Å². The van der Waals surface area contributed by atoms with Crippen molar-refractivity contribution in [1.82, 2.24) is 0 Å². The highest BCUT2D eigenvalue weighted by atomic mass is 16.6. The van der Waals surface area contributed by atoms with Crippen LogP contribution in [0, 0.1) is 5.92 Å². The first kappa shape index (κ1) is 66.4. The van der Waals surface area contributed by atoms with Crippen LogP contribution < -0.4 is 0 Å². The molecule has 0 fully saturated rings. The molecule has 0 aliphatic heterocycles. The van der Waals surface area contributed by atoms with Gasteiger partial charge in [0.25, 0.3) is 0 Å². The first-order valence-corrected chi connectivity index (χ1v) is 30.9. The van der Waals surface area contributed by atoms with Crippen LogP contribution in [0.2, 0.25) is 0 Å². The normalized spacial score (nSPS) is 12.4. The lowest BCUT2D eigenvalue weighted by Gasteiger charge is -2.18. The van der Waals surface area contributed by atoms with Crippen molar-refractivity contribution in [3.8, 4) is 0 Å². The Morgan fingerprint density at radius 3 is 0.765 bits per heavy atom. The van der Waals surface area contributed by atoms with Gasteiger partial charge in [-0.05, 0) is 25.2 Å². The van der Waals surface area contributed by atoms with Gasteiger partial charge in [-0.25, -0.2) is 0 Å². The molecule has 1 unspecified atom stereocenters. The molecule has 0 heterocycles. The molecule has 0 aliphatic carbocycles. The van der Waals surface area contributed by atoms with Crippen molar-refractivity contribution in [3.63, 3.8) is 0 Å². The van der Waals surface area contributed by atoms with E-state index in [9.17, 15) is 14.4 Å². The first-order chi connectivity index (χ1) is 33.4. The molecule has 0 aromatic rings. The average molecular weight is 962 g/mol. The summed E-state index contributed by atoms with van der Waals surface area (Å²) in [5, 5.41) is 0. The van der Waals surface area contributed by atoms with E-state index >= 15 is 0 Å². The van der Waals surface area contributed by atoms with Crippen LogP contribution >= 0.6 is 0 Å². The number of hydrogen-bond donors (Lipinski definition) is 0. The highest BCUT2D eigenvalue weighted by Crippen LogP contribution is 2.19. The Kier molecular flexibility index (Phi) is 55.0. The fourth-order valence-electron chi connectivity index (χ4n) is 9.60. The van der Waals surface area contributed by atoms with E-state index in [0.29, 0.717) is 19.3 Å². The summed E-state index contributed by atoms with van der Waals surface area (Å²) in [6.07, 6.45) is 62.3. The summed E-state index contributed by atoms with van der Waals surface area (Å²) >= 11 is 0. The van der Waals surface area contributed by atoms with Crippen LogP contribution in [0.5, 0.6) is 0 Å². The molecule has 0 aliphatic rings. The van der Waals surface area contributed by atoms with E-state index in [4.69, 9.17) is 14.2 Å². The van der Waals surface area contributed by atoms with E-state index in [1.165, 1.54) is 250 Å². The zero-order valence-electron chi connectivity index (χ0n) is 46.6. The van der Waals surface area contributed by atoms with Gasteiger partial charge < -0.3 is 14.2 Å². The summed E-state index contributed by atoms with van der Waals surface area (Å²) < 4.78 is 16.9. The van der Waals surface area contributed by atoms with Crippen LogP contribution in [-0.2, 0) is 28.6 Å². The number of ether oxygens (including phenoxy) is 3. The number of carbonyl (C=O) groups is 3. The Labute approximate surface area is 425 Å². The number of unbranched alkanes of at least 4 members (excludes halogenated alkanes) is 43. The lowest BCUT2D eigenvalue weighted by Crippen LogP contribution is -2.30. The van der Waals surface area contributed by atoms with Gasteiger partial charge in [-0.1, -0.05) is 317 Å². The zero-order valence-corrected chi connectivity index (χ0v) is 46.6. The molecule has 0 radical (unpaired) electrons. The highest BCUT2D eigenvalue weighted by Gasteiger charge is 2.19. The van der Waals surface area contributed by atoms with Gasteiger partial charge >= 0.3 is 17.9 Å². The Morgan fingerprint density at radius 2 is 0.515 bits per heavy atom. The predicted octanol–water partition coefficient (Wildman–Crippen LogP) is 20.6. The third-order valence-corrected chi connectivity index (χ3v) is 14.7. The lowest BCUT2D eigenvalue weighted by molar-refractivity contribution is -0.167. The van der Waals surface area contributed by atoms with Crippen molar-refractivity contribution < 1.29 is 28.6 Å². The largest absolute Gasteiger partial charge is 0.462 e. The van der Waals surface area contributed by atoms with E-state index < -0.39 is 6.10 Å². The van der Waals surface area contributed by atoms with Gasteiger partial charge in [-0.2, -0.15) is 0 Å². The molecule has 0 rings (SSSR count). The van der Waals surface area contributed by atoms with Crippen LogP contribution in [0.15, 0.2) is 0 Å². The number of esters is 3. The molecule has 0 N–H and O–H groups in total. The molecular formula is C62H120O6. The van der Waals surface area contributed by atoms with Gasteiger partial charge in [-0.15, -0.1) is 0 Å². The SMILES string of the molecule is CCCCCCCCCCCCCCCCCCCCCC(=O)OC[C@@H](COC(=O)CCCCCCCCCCCCCCCCC(C)CC)OC(=O)CCCCCCCCCCCCCCC. The minimum atomic E-state index is -0.762. The van der Waals surface area contributed by atoms with Gasteiger partial charge in [0.15, 0.2) is 6.10 Å². The van der Waals surface area contributed by atoms with Gasteiger partial charge in [0, 0.05) is 19.3 Å². The molecule has 6 heteroatoms. The molecule has 0 bridgehead atoms. The van der Waals surface area contributed by atoms with Crippen LogP contribution in [0.4, 0.5) is 0 Å². The first-order valence-electron chi connectivity index (χ1n) is 30.9. The summed E-state index contributed by atoms with van der Waals surface area (Å²) in [7, 11) is 0. The number of carbonyl (C=O) groups excluding carboxylic acids is 3. The number of rotatable bonds is 57. The zero-order chi connectivity index (χ0) is 49.5. The highest BCUT2D eigenvalue weighted by molar-refractivity contribution is 5.71. The number of hydrogen-bond acceptors (Lipinski definition) is 6. The van der Waals surface area contributed by atoms with Crippen LogP contribution in [0.3, 0.4) is 0 Å². The molecule has 0 saturated heterocycles.